The quantitative estimate of drug-likeness (QED) is 0.296. The van der Waals surface area contributed by atoms with Gasteiger partial charge in [0.2, 0.25) is 0 Å². The highest BCUT2D eigenvalue weighted by molar-refractivity contribution is 6.11. The molecule has 0 radical (unpaired) electrons. The van der Waals surface area contributed by atoms with E-state index in [9.17, 15) is 14.9 Å². The summed E-state index contributed by atoms with van der Waals surface area (Å²) in [5.41, 5.74) is 2.76. The van der Waals surface area contributed by atoms with Gasteiger partial charge >= 0.3 is 0 Å². The smallest absolute Gasteiger partial charge is 0.294 e. The number of hydrogen-bond acceptors (Lipinski definition) is 3. The van der Waals surface area contributed by atoms with Crippen LogP contribution in [0.2, 0.25) is 0 Å². The predicted molar refractivity (Wildman–Crippen MR) is 122 cm³/mol. The molecule has 6 heteroatoms. The van der Waals surface area contributed by atoms with E-state index >= 15 is 0 Å². The van der Waals surface area contributed by atoms with E-state index in [1.165, 1.54) is 6.07 Å². The van der Waals surface area contributed by atoms with Gasteiger partial charge in [-0.2, -0.15) is 0 Å². The molecule has 0 fully saturated rings. The van der Waals surface area contributed by atoms with Gasteiger partial charge in [0.15, 0.2) is 0 Å². The summed E-state index contributed by atoms with van der Waals surface area (Å²) in [6, 6.07) is 29.2. The van der Waals surface area contributed by atoms with E-state index in [0.29, 0.717) is 11.3 Å². The van der Waals surface area contributed by atoms with Crippen molar-refractivity contribution in [1.82, 2.24) is 4.57 Å². The van der Waals surface area contributed by atoms with Gasteiger partial charge in [-0.05, 0) is 30.3 Å². The number of nitrogens with one attached hydrogen (secondary N) is 1. The third-order valence-electron chi connectivity index (χ3n) is 5.31. The first-order valence-corrected chi connectivity index (χ1v) is 9.77. The zero-order valence-electron chi connectivity index (χ0n) is 16.4. The summed E-state index contributed by atoms with van der Waals surface area (Å²) >= 11 is 0. The zero-order valence-corrected chi connectivity index (χ0v) is 16.4. The highest BCUT2D eigenvalue weighted by Crippen LogP contribution is 2.38. The lowest BCUT2D eigenvalue weighted by atomic mass is 10.1. The van der Waals surface area contributed by atoms with E-state index in [-0.39, 0.29) is 11.4 Å². The largest absolute Gasteiger partial charge is 0.314 e. The minimum absolute atomic E-state index is 0.160. The first-order valence-electron chi connectivity index (χ1n) is 9.77. The van der Waals surface area contributed by atoms with Crippen LogP contribution in [-0.4, -0.2) is 15.4 Å². The van der Waals surface area contributed by atoms with E-state index in [0.717, 1.165) is 21.8 Å². The molecule has 31 heavy (non-hydrogen) atoms. The van der Waals surface area contributed by atoms with Crippen LogP contribution in [0.4, 0.5) is 11.4 Å². The van der Waals surface area contributed by atoms with Crippen molar-refractivity contribution in [3.8, 4) is 5.69 Å². The highest BCUT2D eigenvalue weighted by atomic mass is 16.6. The minimum atomic E-state index is -0.474. The Balaban J connectivity index is 1.78. The Morgan fingerprint density at radius 1 is 0.742 bits per heavy atom. The second kappa shape index (κ2) is 7.42. The van der Waals surface area contributed by atoms with Crippen molar-refractivity contribution in [2.24, 2.45) is 0 Å². The summed E-state index contributed by atoms with van der Waals surface area (Å²) in [5.74, 6) is -0.406. The third-order valence-corrected chi connectivity index (χ3v) is 5.31. The molecule has 0 aliphatic rings. The molecule has 0 unspecified atom stereocenters. The molecule has 150 valence electrons. The number of carbonyl (C=O) groups excluding carboxylic acids is 1. The molecule has 0 spiro atoms. The molecule has 0 aliphatic heterocycles. The fourth-order valence-electron chi connectivity index (χ4n) is 3.95. The van der Waals surface area contributed by atoms with Gasteiger partial charge in [-0.25, -0.2) is 0 Å². The number of nitrogens with zero attached hydrogens (tertiary/aromatic N) is 2. The zero-order chi connectivity index (χ0) is 21.4. The summed E-state index contributed by atoms with van der Waals surface area (Å²) in [5, 5.41) is 16.7. The minimum Gasteiger partial charge on any atom is -0.314 e. The van der Waals surface area contributed by atoms with Gasteiger partial charge in [-0.15, -0.1) is 0 Å². The molecule has 0 atom stereocenters. The summed E-state index contributed by atoms with van der Waals surface area (Å²) in [6.45, 7) is 0. The number of anilines is 1. The molecule has 1 aromatic heterocycles. The molecule has 0 saturated carbocycles. The van der Waals surface area contributed by atoms with Gasteiger partial charge in [0.1, 0.15) is 5.69 Å². The van der Waals surface area contributed by atoms with Crippen molar-refractivity contribution < 1.29 is 9.72 Å². The third kappa shape index (κ3) is 3.11. The lowest BCUT2D eigenvalue weighted by molar-refractivity contribution is -0.383. The molecule has 1 N–H and O–H groups in total. The number of nitro groups is 1. The SMILES string of the molecule is O=C(Nc1c(-n2c3ccccc3c3ccccc32)cccc1[N+](=O)[O-])c1ccccc1. The fourth-order valence-corrected chi connectivity index (χ4v) is 3.95. The Labute approximate surface area is 177 Å². The summed E-state index contributed by atoms with van der Waals surface area (Å²) in [4.78, 5) is 24.3. The van der Waals surface area contributed by atoms with Crippen LogP contribution >= 0.6 is 0 Å². The van der Waals surface area contributed by atoms with Gasteiger partial charge in [0.05, 0.1) is 21.6 Å². The number of para-hydroxylation sites is 3. The van der Waals surface area contributed by atoms with Gasteiger partial charge in [0.25, 0.3) is 11.6 Å². The van der Waals surface area contributed by atoms with E-state index in [1.54, 1.807) is 36.4 Å². The Kier molecular flexibility index (Phi) is 4.45. The molecular weight excluding hydrogens is 390 g/mol. The Morgan fingerprint density at radius 3 is 1.94 bits per heavy atom. The van der Waals surface area contributed by atoms with Crippen LogP contribution in [0, 0.1) is 10.1 Å². The van der Waals surface area contributed by atoms with Crippen LogP contribution < -0.4 is 5.32 Å². The van der Waals surface area contributed by atoms with Gasteiger partial charge in [-0.3, -0.25) is 14.9 Å². The molecule has 0 saturated heterocycles. The van der Waals surface area contributed by atoms with Crippen molar-refractivity contribution in [2.75, 3.05) is 5.32 Å². The van der Waals surface area contributed by atoms with Gasteiger partial charge in [0, 0.05) is 22.4 Å². The number of carbonyl (C=O) groups is 1. The monoisotopic (exact) mass is 407 g/mol. The van der Waals surface area contributed by atoms with Crippen molar-refractivity contribution in [3.05, 3.63) is 113 Å². The van der Waals surface area contributed by atoms with Crippen LogP contribution in [-0.2, 0) is 0 Å². The molecule has 6 nitrogen and oxygen atoms in total. The van der Waals surface area contributed by atoms with E-state index < -0.39 is 10.8 Å². The molecule has 1 heterocycles. The molecule has 1 amide bonds. The average molecular weight is 407 g/mol. The van der Waals surface area contributed by atoms with Crippen LogP contribution in [0.3, 0.4) is 0 Å². The summed E-state index contributed by atoms with van der Waals surface area (Å²) in [7, 11) is 0. The highest BCUT2D eigenvalue weighted by Gasteiger charge is 2.23. The molecule has 4 aromatic carbocycles. The Morgan fingerprint density at radius 2 is 1.32 bits per heavy atom. The van der Waals surface area contributed by atoms with E-state index in [2.05, 4.69) is 5.32 Å². The summed E-state index contributed by atoms with van der Waals surface area (Å²) in [6.07, 6.45) is 0. The number of aromatic nitrogens is 1. The Hall–Kier alpha value is -4.45. The molecule has 0 bridgehead atoms. The first-order chi connectivity index (χ1) is 15.1. The van der Waals surface area contributed by atoms with Crippen LogP contribution in [0.1, 0.15) is 10.4 Å². The number of nitro benzene ring substituents is 1. The van der Waals surface area contributed by atoms with E-state index in [4.69, 9.17) is 0 Å². The molecule has 5 rings (SSSR count). The maximum Gasteiger partial charge on any atom is 0.294 e. The number of fused-ring (bicyclic) bond motifs is 3. The average Bonchev–Trinajstić information content (AvgIpc) is 3.14. The fraction of sp³-hybridized carbons (Fsp3) is 0. The molecular formula is C25H17N3O3. The molecule has 0 aliphatic carbocycles. The number of benzene rings is 4. The van der Waals surface area contributed by atoms with Crippen molar-refractivity contribution in [2.45, 2.75) is 0 Å². The normalized spacial score (nSPS) is 11.0. The second-order valence-corrected chi connectivity index (χ2v) is 7.12. The lowest BCUT2D eigenvalue weighted by Crippen LogP contribution is -2.15. The summed E-state index contributed by atoms with van der Waals surface area (Å²) < 4.78 is 1.96. The maximum absolute atomic E-state index is 12.9. The van der Waals surface area contributed by atoms with Crippen molar-refractivity contribution >= 4 is 39.1 Å². The number of amides is 1. The van der Waals surface area contributed by atoms with Crippen molar-refractivity contribution in [3.63, 3.8) is 0 Å². The first kappa shape index (κ1) is 18.6. The second-order valence-electron chi connectivity index (χ2n) is 7.12. The molecule has 5 aromatic rings. The predicted octanol–water partition coefficient (Wildman–Crippen LogP) is 5.94. The van der Waals surface area contributed by atoms with E-state index in [1.807, 2.05) is 59.2 Å². The standard InChI is InChI=1S/C25H17N3O3/c29-25(17-9-2-1-3-10-17)26-24-22(15-8-16-23(24)28(30)31)27-20-13-6-4-11-18(20)19-12-5-7-14-21(19)27/h1-16H,(H,26,29). The van der Waals surface area contributed by atoms with Crippen LogP contribution in [0.25, 0.3) is 27.5 Å². The number of rotatable bonds is 4. The topological polar surface area (TPSA) is 77.2 Å². The lowest BCUT2D eigenvalue weighted by Gasteiger charge is -2.15. The van der Waals surface area contributed by atoms with Crippen molar-refractivity contribution in [1.29, 1.82) is 0 Å². The maximum atomic E-state index is 12.9. The van der Waals surface area contributed by atoms with Crippen LogP contribution in [0.5, 0.6) is 0 Å². The van der Waals surface area contributed by atoms with Crippen LogP contribution in [0.15, 0.2) is 97.1 Å². The van der Waals surface area contributed by atoms with Gasteiger partial charge < -0.3 is 9.88 Å². The van der Waals surface area contributed by atoms with Gasteiger partial charge in [-0.1, -0.05) is 60.7 Å². The Bertz CT molecular complexity index is 1400. The number of hydrogen-bond donors (Lipinski definition) is 1.